The first-order valence-electron chi connectivity index (χ1n) is 6.94. The molecule has 0 aromatic carbocycles. The van der Waals surface area contributed by atoms with Crippen LogP contribution in [0.1, 0.15) is 25.7 Å². The van der Waals surface area contributed by atoms with Gasteiger partial charge in [0.25, 0.3) is 5.56 Å². The fourth-order valence-electron chi connectivity index (χ4n) is 2.59. The molecular weight excluding hydrogens is 320 g/mol. The maximum atomic E-state index is 12.0. The zero-order chi connectivity index (χ0) is 15.6. The van der Waals surface area contributed by atoms with E-state index in [-0.39, 0.29) is 17.2 Å². The number of nitrogens with one attached hydrogen (secondary N) is 2. The lowest BCUT2D eigenvalue weighted by atomic mass is 10.0. The summed E-state index contributed by atoms with van der Waals surface area (Å²) in [5, 5.41) is 14.9. The van der Waals surface area contributed by atoms with Crippen LogP contribution in [0.2, 0.25) is 0 Å². The van der Waals surface area contributed by atoms with E-state index in [0.717, 1.165) is 12.8 Å². The van der Waals surface area contributed by atoms with Crippen molar-refractivity contribution in [1.29, 1.82) is 5.26 Å². The molecule has 0 bridgehead atoms. The highest BCUT2D eigenvalue weighted by molar-refractivity contribution is 7.99. The molecule has 22 heavy (non-hydrogen) atoms. The minimum absolute atomic E-state index is 0.128. The number of nitrogens with zero attached hydrogens (tertiary/aromatic N) is 2. The molecule has 1 aliphatic carbocycles. The van der Waals surface area contributed by atoms with Gasteiger partial charge in [-0.1, -0.05) is 11.8 Å². The van der Waals surface area contributed by atoms with Crippen molar-refractivity contribution in [2.24, 2.45) is 0 Å². The molecule has 0 atom stereocenters. The second-order valence-electron chi connectivity index (χ2n) is 5.25. The number of rotatable bonds is 4. The Kier molecular flexibility index (Phi) is 4.18. The summed E-state index contributed by atoms with van der Waals surface area (Å²) in [7, 11) is 0. The van der Waals surface area contributed by atoms with Crippen LogP contribution in [-0.4, -0.2) is 27.2 Å². The average molecular weight is 334 g/mol. The van der Waals surface area contributed by atoms with Crippen LogP contribution < -0.4 is 10.9 Å². The van der Waals surface area contributed by atoms with Gasteiger partial charge in [-0.05, 0) is 37.1 Å². The van der Waals surface area contributed by atoms with Gasteiger partial charge < -0.3 is 10.3 Å². The normalized spacial score (nSPS) is 16.5. The topological polar surface area (TPSA) is 98.6 Å². The Hall–Kier alpha value is -1.85. The van der Waals surface area contributed by atoms with Crippen molar-refractivity contribution in [3.63, 3.8) is 0 Å². The average Bonchev–Trinajstić information content (AvgIpc) is 3.15. The van der Waals surface area contributed by atoms with Crippen molar-refractivity contribution < 1.29 is 4.79 Å². The van der Waals surface area contributed by atoms with E-state index in [2.05, 4.69) is 21.4 Å². The van der Waals surface area contributed by atoms with Gasteiger partial charge in [-0.25, -0.2) is 4.98 Å². The summed E-state index contributed by atoms with van der Waals surface area (Å²) in [6.45, 7) is 0. The van der Waals surface area contributed by atoms with Crippen LogP contribution in [0.5, 0.6) is 0 Å². The predicted molar refractivity (Wildman–Crippen MR) is 85.9 cm³/mol. The zero-order valence-corrected chi connectivity index (χ0v) is 13.4. The van der Waals surface area contributed by atoms with E-state index in [4.69, 9.17) is 0 Å². The highest BCUT2D eigenvalue weighted by Gasteiger charge is 2.35. The Balaban J connectivity index is 1.65. The van der Waals surface area contributed by atoms with E-state index in [0.29, 0.717) is 28.2 Å². The molecule has 1 amide bonds. The summed E-state index contributed by atoms with van der Waals surface area (Å²) in [6, 6.07) is 3.95. The molecule has 2 N–H and O–H groups in total. The summed E-state index contributed by atoms with van der Waals surface area (Å²) in [6.07, 6.45) is 3.34. The molecule has 1 saturated carbocycles. The minimum Gasteiger partial charge on any atom is -0.337 e. The first kappa shape index (κ1) is 15.1. The van der Waals surface area contributed by atoms with Gasteiger partial charge in [-0.15, -0.1) is 11.3 Å². The van der Waals surface area contributed by atoms with Gasteiger partial charge in [0, 0.05) is 0 Å². The molecule has 0 radical (unpaired) electrons. The maximum absolute atomic E-state index is 12.0. The molecule has 1 aliphatic rings. The van der Waals surface area contributed by atoms with Gasteiger partial charge in [0.15, 0.2) is 5.16 Å². The number of hydrogen-bond donors (Lipinski definition) is 2. The lowest BCUT2D eigenvalue weighted by Gasteiger charge is -2.21. The molecule has 0 spiro atoms. The lowest BCUT2D eigenvalue weighted by molar-refractivity contribution is -0.119. The number of thiophene rings is 1. The molecule has 3 rings (SSSR count). The van der Waals surface area contributed by atoms with Gasteiger partial charge in [-0.3, -0.25) is 9.59 Å². The fourth-order valence-corrected chi connectivity index (χ4v) is 4.08. The maximum Gasteiger partial charge on any atom is 0.260 e. The smallest absolute Gasteiger partial charge is 0.260 e. The van der Waals surface area contributed by atoms with Crippen LogP contribution in [0.15, 0.2) is 21.4 Å². The number of thioether (sulfide) groups is 1. The van der Waals surface area contributed by atoms with Crippen molar-refractivity contribution in [2.45, 2.75) is 36.4 Å². The number of nitriles is 1. The van der Waals surface area contributed by atoms with Gasteiger partial charge in [0.05, 0.1) is 17.2 Å². The van der Waals surface area contributed by atoms with Crippen molar-refractivity contribution in [2.75, 3.05) is 5.75 Å². The first-order valence-corrected chi connectivity index (χ1v) is 8.81. The molecule has 0 unspecified atom stereocenters. The third-order valence-corrected chi connectivity index (χ3v) is 5.38. The number of carbonyl (C=O) groups excluding carboxylic acids is 1. The van der Waals surface area contributed by atoms with Crippen molar-refractivity contribution in [1.82, 2.24) is 15.3 Å². The van der Waals surface area contributed by atoms with Gasteiger partial charge >= 0.3 is 0 Å². The van der Waals surface area contributed by atoms with Gasteiger partial charge in [-0.2, -0.15) is 5.26 Å². The third-order valence-electron chi connectivity index (χ3n) is 3.70. The van der Waals surface area contributed by atoms with Crippen LogP contribution in [0.4, 0.5) is 0 Å². The summed E-state index contributed by atoms with van der Waals surface area (Å²) in [4.78, 5) is 31.5. The number of amides is 1. The number of carbonyl (C=O) groups is 1. The number of hydrogen-bond acceptors (Lipinski definition) is 6. The highest BCUT2D eigenvalue weighted by Crippen LogP contribution is 2.29. The molecule has 2 aromatic heterocycles. The monoisotopic (exact) mass is 334 g/mol. The van der Waals surface area contributed by atoms with Crippen LogP contribution >= 0.6 is 23.1 Å². The molecule has 0 saturated heterocycles. The molecular formula is C14H14N4O2S2. The summed E-state index contributed by atoms with van der Waals surface area (Å²) in [5.74, 6) is -0.0779. The molecule has 114 valence electrons. The van der Waals surface area contributed by atoms with Crippen LogP contribution in [-0.2, 0) is 4.79 Å². The molecule has 1 fully saturated rings. The highest BCUT2D eigenvalue weighted by atomic mass is 32.2. The number of fused-ring (bicyclic) bond motifs is 1. The van der Waals surface area contributed by atoms with E-state index in [1.54, 1.807) is 6.07 Å². The van der Waals surface area contributed by atoms with Crippen molar-refractivity contribution in [3.8, 4) is 6.07 Å². The predicted octanol–water partition coefficient (Wildman–Crippen LogP) is 2.03. The second-order valence-corrected chi connectivity index (χ2v) is 7.11. The molecule has 6 nitrogen and oxygen atoms in total. The van der Waals surface area contributed by atoms with Gasteiger partial charge in [0.2, 0.25) is 5.91 Å². The largest absolute Gasteiger partial charge is 0.337 e. The standard InChI is InChI=1S/C14H14N4O2S2/c15-8-14(4-1-2-5-14)18-10(19)7-22-13-16-11(20)9-3-6-21-12(9)17-13/h3,6H,1-2,4-5,7H2,(H,18,19)(H,16,17,20). The van der Waals surface area contributed by atoms with E-state index in [9.17, 15) is 14.9 Å². The van der Waals surface area contributed by atoms with Crippen molar-refractivity contribution in [3.05, 3.63) is 21.8 Å². The fraction of sp³-hybridized carbons (Fsp3) is 0.429. The van der Waals surface area contributed by atoms with Gasteiger partial charge in [0.1, 0.15) is 10.4 Å². The molecule has 0 aliphatic heterocycles. The number of H-pyrrole nitrogens is 1. The Morgan fingerprint density at radius 1 is 1.55 bits per heavy atom. The SMILES string of the molecule is N#CC1(NC(=O)CSc2nc3sccc3c(=O)[nH]2)CCCC1. The zero-order valence-electron chi connectivity index (χ0n) is 11.7. The van der Waals surface area contributed by atoms with E-state index < -0.39 is 5.54 Å². The Labute approximate surface area is 134 Å². The Morgan fingerprint density at radius 3 is 3.05 bits per heavy atom. The summed E-state index contributed by atoms with van der Waals surface area (Å²) in [5.41, 5.74) is -0.908. The molecule has 8 heteroatoms. The summed E-state index contributed by atoms with van der Waals surface area (Å²) >= 11 is 2.56. The molecule has 2 aromatic rings. The number of aromatic amines is 1. The van der Waals surface area contributed by atoms with Crippen LogP contribution in [0.3, 0.4) is 0 Å². The van der Waals surface area contributed by atoms with Crippen LogP contribution in [0, 0.1) is 11.3 Å². The third kappa shape index (κ3) is 3.00. The lowest BCUT2D eigenvalue weighted by Crippen LogP contribution is -2.45. The van der Waals surface area contributed by atoms with E-state index in [1.807, 2.05) is 5.38 Å². The number of aromatic nitrogens is 2. The quantitative estimate of drug-likeness (QED) is 0.658. The van der Waals surface area contributed by atoms with Crippen LogP contribution in [0.25, 0.3) is 10.2 Å². The second kappa shape index (κ2) is 6.10. The minimum atomic E-state index is -0.712. The van der Waals surface area contributed by atoms with E-state index in [1.165, 1.54) is 23.1 Å². The van der Waals surface area contributed by atoms with E-state index >= 15 is 0 Å². The first-order chi connectivity index (χ1) is 10.6. The Morgan fingerprint density at radius 2 is 2.32 bits per heavy atom. The molecule has 2 heterocycles. The van der Waals surface area contributed by atoms with Crippen molar-refractivity contribution >= 4 is 39.2 Å². The summed E-state index contributed by atoms with van der Waals surface area (Å²) < 4.78 is 0. The Bertz CT molecular complexity index is 799.